The molecule has 0 spiro atoms. The Kier molecular flexibility index (Phi) is 4.46. The van der Waals surface area contributed by atoms with Gasteiger partial charge in [-0.2, -0.15) is 0 Å². The first kappa shape index (κ1) is 15.7. The lowest BCUT2D eigenvalue weighted by atomic mass is 10.1. The highest BCUT2D eigenvalue weighted by Gasteiger charge is 2.31. The minimum Gasteiger partial charge on any atom is -0.327 e. The predicted molar refractivity (Wildman–Crippen MR) is 98.5 cm³/mol. The second kappa shape index (κ2) is 6.52. The molecule has 1 fully saturated rings. The van der Waals surface area contributed by atoms with Gasteiger partial charge in [0.05, 0.1) is 5.69 Å². The van der Waals surface area contributed by atoms with Gasteiger partial charge in [0.25, 0.3) is 5.91 Å². The first-order valence-electron chi connectivity index (χ1n) is 7.30. The van der Waals surface area contributed by atoms with Gasteiger partial charge in [-0.15, -0.1) is 0 Å². The van der Waals surface area contributed by atoms with Crippen LogP contribution in [0.5, 0.6) is 0 Å². The largest absolute Gasteiger partial charge is 0.327 e. The van der Waals surface area contributed by atoms with Crippen LogP contribution < -0.4 is 10.2 Å². The lowest BCUT2D eigenvalue weighted by molar-refractivity contribution is -0.113. The summed E-state index contributed by atoms with van der Waals surface area (Å²) in [5.41, 5.74) is 3.29. The van der Waals surface area contributed by atoms with E-state index < -0.39 is 0 Å². The van der Waals surface area contributed by atoms with E-state index in [1.807, 2.05) is 36.4 Å². The fraction of sp³-hybridized carbons (Fsp3) is 0.111. The zero-order valence-electron chi connectivity index (χ0n) is 12.5. The van der Waals surface area contributed by atoms with Crippen LogP contribution in [0.2, 0.25) is 5.02 Å². The van der Waals surface area contributed by atoms with Crippen LogP contribution in [0.1, 0.15) is 18.1 Å². The summed E-state index contributed by atoms with van der Waals surface area (Å²) >= 11 is 11.2. The highest BCUT2D eigenvalue weighted by atomic mass is 35.5. The SMILES string of the molecule is CCc1cccc(N2C(=O)/C(=C\c3ccc(Cl)cc3)NC2=S)c1. The standard InChI is InChI=1S/C18H15ClN2OS/c1-2-12-4-3-5-15(10-12)21-17(22)16(20-18(21)23)11-13-6-8-14(19)9-7-13/h3-11H,2H2,1H3,(H,20,23)/b16-11+. The molecule has 1 aliphatic heterocycles. The fourth-order valence-corrected chi connectivity index (χ4v) is 2.83. The number of thiocarbonyl (C=S) groups is 1. The zero-order chi connectivity index (χ0) is 16.4. The molecule has 0 radical (unpaired) electrons. The van der Waals surface area contributed by atoms with Gasteiger partial charge in [-0.05, 0) is 60.1 Å². The van der Waals surface area contributed by atoms with Gasteiger partial charge in [-0.3, -0.25) is 9.69 Å². The predicted octanol–water partition coefficient (Wildman–Crippen LogP) is 4.16. The first-order valence-corrected chi connectivity index (χ1v) is 8.09. The summed E-state index contributed by atoms with van der Waals surface area (Å²) in [6.07, 6.45) is 2.68. The number of hydrogen-bond acceptors (Lipinski definition) is 2. The third-order valence-electron chi connectivity index (χ3n) is 3.64. The third kappa shape index (κ3) is 3.28. The molecule has 0 saturated carbocycles. The van der Waals surface area contributed by atoms with Gasteiger partial charge in [0, 0.05) is 5.02 Å². The van der Waals surface area contributed by atoms with Gasteiger partial charge in [0.15, 0.2) is 5.11 Å². The van der Waals surface area contributed by atoms with E-state index in [0.717, 1.165) is 23.2 Å². The summed E-state index contributed by atoms with van der Waals surface area (Å²) in [5.74, 6) is -0.154. The lowest BCUT2D eigenvalue weighted by Crippen LogP contribution is -2.30. The molecule has 116 valence electrons. The Morgan fingerprint density at radius 2 is 1.96 bits per heavy atom. The van der Waals surface area contributed by atoms with Crippen LogP contribution in [-0.2, 0) is 11.2 Å². The monoisotopic (exact) mass is 342 g/mol. The first-order chi connectivity index (χ1) is 11.1. The van der Waals surface area contributed by atoms with Crippen molar-refractivity contribution in [2.45, 2.75) is 13.3 Å². The van der Waals surface area contributed by atoms with E-state index >= 15 is 0 Å². The van der Waals surface area contributed by atoms with Crippen molar-refractivity contribution in [3.05, 3.63) is 70.4 Å². The fourth-order valence-electron chi connectivity index (χ4n) is 2.41. The molecule has 23 heavy (non-hydrogen) atoms. The molecule has 0 aromatic heterocycles. The van der Waals surface area contributed by atoms with Crippen molar-refractivity contribution in [3.63, 3.8) is 0 Å². The number of nitrogens with zero attached hydrogens (tertiary/aromatic N) is 1. The van der Waals surface area contributed by atoms with E-state index in [0.29, 0.717) is 15.8 Å². The van der Waals surface area contributed by atoms with Crippen molar-refractivity contribution in [2.24, 2.45) is 0 Å². The molecule has 0 aliphatic carbocycles. The second-order valence-electron chi connectivity index (χ2n) is 5.20. The van der Waals surface area contributed by atoms with Crippen molar-refractivity contribution < 1.29 is 4.79 Å². The lowest BCUT2D eigenvalue weighted by Gasteiger charge is -2.14. The Bertz CT molecular complexity index is 799. The van der Waals surface area contributed by atoms with Gasteiger partial charge < -0.3 is 5.32 Å². The maximum atomic E-state index is 12.7. The van der Waals surface area contributed by atoms with Crippen molar-refractivity contribution in [1.82, 2.24) is 5.32 Å². The molecule has 1 heterocycles. The van der Waals surface area contributed by atoms with Crippen LogP contribution in [0.15, 0.2) is 54.2 Å². The van der Waals surface area contributed by atoms with Crippen LogP contribution in [0.3, 0.4) is 0 Å². The number of amides is 1. The molecule has 2 aromatic carbocycles. The van der Waals surface area contributed by atoms with E-state index in [1.54, 1.807) is 18.2 Å². The Labute approximate surface area is 145 Å². The molecular weight excluding hydrogens is 328 g/mol. The molecule has 3 rings (SSSR count). The molecule has 0 unspecified atom stereocenters. The second-order valence-corrected chi connectivity index (χ2v) is 6.03. The number of hydrogen-bond donors (Lipinski definition) is 1. The molecule has 2 aromatic rings. The molecular formula is C18H15ClN2OS. The molecule has 0 atom stereocenters. The Morgan fingerprint density at radius 1 is 1.22 bits per heavy atom. The molecule has 1 aliphatic rings. The van der Waals surface area contributed by atoms with Crippen molar-refractivity contribution in [1.29, 1.82) is 0 Å². The van der Waals surface area contributed by atoms with Crippen LogP contribution in [0.4, 0.5) is 5.69 Å². The summed E-state index contributed by atoms with van der Waals surface area (Å²) in [4.78, 5) is 14.2. The minimum atomic E-state index is -0.154. The maximum Gasteiger partial charge on any atom is 0.281 e. The van der Waals surface area contributed by atoms with Crippen LogP contribution in [0, 0.1) is 0 Å². The number of carbonyl (C=O) groups excluding carboxylic acids is 1. The number of carbonyl (C=O) groups is 1. The Morgan fingerprint density at radius 3 is 2.65 bits per heavy atom. The Hall–Kier alpha value is -2.17. The number of rotatable bonds is 3. The summed E-state index contributed by atoms with van der Waals surface area (Å²) in [5, 5.41) is 4.04. The van der Waals surface area contributed by atoms with E-state index in [4.69, 9.17) is 23.8 Å². The number of benzene rings is 2. The quantitative estimate of drug-likeness (QED) is 0.671. The average Bonchev–Trinajstić information content (AvgIpc) is 2.83. The van der Waals surface area contributed by atoms with E-state index in [-0.39, 0.29) is 5.91 Å². The van der Waals surface area contributed by atoms with Gasteiger partial charge in [-0.1, -0.05) is 42.8 Å². The van der Waals surface area contributed by atoms with E-state index in [2.05, 4.69) is 12.2 Å². The molecule has 5 heteroatoms. The summed E-state index contributed by atoms with van der Waals surface area (Å²) < 4.78 is 0. The van der Waals surface area contributed by atoms with Gasteiger partial charge in [0.2, 0.25) is 0 Å². The summed E-state index contributed by atoms with van der Waals surface area (Å²) in [7, 11) is 0. The average molecular weight is 343 g/mol. The van der Waals surface area contributed by atoms with Crippen LogP contribution >= 0.6 is 23.8 Å². The highest BCUT2D eigenvalue weighted by molar-refractivity contribution is 7.80. The van der Waals surface area contributed by atoms with Crippen molar-refractivity contribution >= 4 is 46.6 Å². The number of anilines is 1. The smallest absolute Gasteiger partial charge is 0.281 e. The molecule has 1 saturated heterocycles. The molecule has 0 bridgehead atoms. The Balaban J connectivity index is 1.91. The molecule has 1 N–H and O–H groups in total. The van der Waals surface area contributed by atoms with Crippen LogP contribution in [-0.4, -0.2) is 11.0 Å². The van der Waals surface area contributed by atoms with Crippen molar-refractivity contribution in [2.75, 3.05) is 4.90 Å². The summed E-state index contributed by atoms with van der Waals surface area (Å²) in [6.45, 7) is 2.08. The van der Waals surface area contributed by atoms with Gasteiger partial charge in [-0.25, -0.2) is 0 Å². The normalized spacial score (nSPS) is 16.1. The number of aryl methyl sites for hydroxylation is 1. The molecule has 1 amide bonds. The maximum absolute atomic E-state index is 12.7. The third-order valence-corrected chi connectivity index (χ3v) is 4.17. The number of halogens is 1. The topological polar surface area (TPSA) is 32.3 Å². The highest BCUT2D eigenvalue weighted by Crippen LogP contribution is 2.24. The van der Waals surface area contributed by atoms with Gasteiger partial charge >= 0.3 is 0 Å². The summed E-state index contributed by atoms with van der Waals surface area (Å²) in [6, 6.07) is 15.1. The van der Waals surface area contributed by atoms with Gasteiger partial charge in [0.1, 0.15) is 5.70 Å². The number of nitrogens with one attached hydrogen (secondary N) is 1. The van der Waals surface area contributed by atoms with E-state index in [9.17, 15) is 4.79 Å². The van der Waals surface area contributed by atoms with Crippen LogP contribution in [0.25, 0.3) is 6.08 Å². The zero-order valence-corrected chi connectivity index (χ0v) is 14.1. The van der Waals surface area contributed by atoms with E-state index in [1.165, 1.54) is 4.90 Å². The minimum absolute atomic E-state index is 0.154. The van der Waals surface area contributed by atoms with Crippen molar-refractivity contribution in [3.8, 4) is 0 Å². The molecule has 3 nitrogen and oxygen atoms in total.